The average molecular weight is 1250 g/mol. The van der Waals surface area contributed by atoms with Crippen molar-refractivity contribution in [1.82, 2.24) is 5.32 Å². The Kier molecular flexibility index (Phi) is 54.1. The number of hydrogen-bond donors (Lipinski definition) is 9. The fraction of sp³-hybridized carbons (Fsp3) is 0.773. The first-order chi connectivity index (χ1) is 43.6. The molecule has 2 heterocycles. The summed E-state index contributed by atoms with van der Waals surface area (Å²) >= 11 is 0. The van der Waals surface area contributed by atoms with E-state index in [1.807, 2.05) is 6.08 Å². The Bertz CT molecular complexity index is 1860. The molecule has 9 N–H and O–H groups in total. The molecule has 12 unspecified atom stereocenters. The van der Waals surface area contributed by atoms with Crippen molar-refractivity contribution < 1.29 is 64.6 Å². The summed E-state index contributed by atoms with van der Waals surface area (Å²) in [6.07, 6.45) is 66.4. The molecule has 14 nitrogen and oxygen atoms in total. The highest BCUT2D eigenvalue weighted by molar-refractivity contribution is 5.76. The van der Waals surface area contributed by atoms with Crippen molar-refractivity contribution in [2.75, 3.05) is 19.8 Å². The van der Waals surface area contributed by atoms with Gasteiger partial charge in [0, 0.05) is 6.42 Å². The fourth-order valence-electron chi connectivity index (χ4n) is 11.3. The molecule has 514 valence electrons. The molecule has 2 fully saturated rings. The third kappa shape index (κ3) is 42.7. The van der Waals surface area contributed by atoms with Gasteiger partial charge in [0.25, 0.3) is 0 Å². The highest BCUT2D eigenvalue weighted by Gasteiger charge is 2.51. The maximum absolute atomic E-state index is 13.3. The zero-order valence-corrected chi connectivity index (χ0v) is 55.9. The monoisotopic (exact) mass is 1250 g/mol. The maximum atomic E-state index is 13.3. The van der Waals surface area contributed by atoms with E-state index in [0.29, 0.717) is 12.8 Å². The second kappa shape index (κ2) is 58.7. The van der Waals surface area contributed by atoms with Gasteiger partial charge >= 0.3 is 0 Å². The molecule has 2 aliphatic rings. The molecule has 0 spiro atoms. The van der Waals surface area contributed by atoms with Crippen LogP contribution >= 0.6 is 0 Å². The second-order valence-electron chi connectivity index (χ2n) is 25.0. The van der Waals surface area contributed by atoms with Gasteiger partial charge in [-0.15, -0.1) is 0 Å². The molecule has 0 aliphatic carbocycles. The van der Waals surface area contributed by atoms with E-state index in [4.69, 9.17) is 18.9 Å². The molecule has 0 bridgehead atoms. The van der Waals surface area contributed by atoms with Crippen LogP contribution in [0.4, 0.5) is 0 Å². The number of amides is 1. The predicted molar refractivity (Wildman–Crippen MR) is 364 cm³/mol. The Morgan fingerprint density at radius 3 is 1.24 bits per heavy atom. The van der Waals surface area contributed by atoms with Crippen LogP contribution in [0.5, 0.6) is 0 Å². The maximum Gasteiger partial charge on any atom is 0.220 e. The Hall–Kier alpha value is -3.09. The minimum atomic E-state index is -1.79. The van der Waals surface area contributed by atoms with Crippen molar-refractivity contribution in [2.45, 2.75) is 351 Å². The molecule has 0 saturated carbocycles. The fourth-order valence-corrected chi connectivity index (χ4v) is 11.3. The summed E-state index contributed by atoms with van der Waals surface area (Å²) in [5.41, 5.74) is 0. The number of allylic oxidation sites excluding steroid dienone is 15. The molecule has 89 heavy (non-hydrogen) atoms. The summed E-state index contributed by atoms with van der Waals surface area (Å²) in [4.78, 5) is 13.3. The molecular weight excluding hydrogens is 1120 g/mol. The molecule has 2 saturated heterocycles. The molecule has 0 aromatic rings. The smallest absolute Gasteiger partial charge is 0.220 e. The van der Waals surface area contributed by atoms with Gasteiger partial charge < -0.3 is 65.1 Å². The summed E-state index contributed by atoms with van der Waals surface area (Å²) in [6.45, 7) is 2.67. The SMILES string of the molecule is CC/C=C\C/C=C\C/C=C\C/C=C\C/C=C\C/C=C\CCCCCCCCCCCCCCCCCCCCCCCCC(=O)NC(COC1OC(CO)C(OC2OC(CO)C(O)C(O)C2O)C(O)C1O)C(O)/C=C/CC/C=C/CCCCCCCCCC. The largest absolute Gasteiger partial charge is 0.394 e. The Labute approximate surface area is 541 Å². The minimum absolute atomic E-state index is 0.248. The van der Waals surface area contributed by atoms with E-state index in [9.17, 15) is 45.6 Å². The number of carbonyl (C=O) groups excluding carboxylic acids is 1. The van der Waals surface area contributed by atoms with E-state index in [1.165, 1.54) is 173 Å². The Morgan fingerprint density at radius 1 is 0.416 bits per heavy atom. The first-order valence-electron chi connectivity index (χ1n) is 36.0. The summed E-state index contributed by atoms with van der Waals surface area (Å²) in [6, 6.07) is -0.933. The van der Waals surface area contributed by atoms with Crippen molar-refractivity contribution in [3.63, 3.8) is 0 Å². The van der Waals surface area contributed by atoms with Crippen LogP contribution in [0.2, 0.25) is 0 Å². The number of aliphatic hydroxyl groups is 8. The molecule has 12 atom stereocenters. The van der Waals surface area contributed by atoms with Gasteiger partial charge in [-0.1, -0.05) is 284 Å². The molecule has 14 heteroatoms. The van der Waals surface area contributed by atoms with E-state index in [1.54, 1.807) is 6.08 Å². The Morgan fingerprint density at radius 2 is 0.787 bits per heavy atom. The van der Waals surface area contributed by atoms with E-state index >= 15 is 0 Å². The van der Waals surface area contributed by atoms with Crippen molar-refractivity contribution in [3.8, 4) is 0 Å². The summed E-state index contributed by atoms with van der Waals surface area (Å²) in [5, 5.41) is 87.2. The van der Waals surface area contributed by atoms with Crippen LogP contribution < -0.4 is 5.32 Å². The van der Waals surface area contributed by atoms with E-state index in [2.05, 4.69) is 104 Å². The molecule has 1 amide bonds. The number of aliphatic hydroxyl groups excluding tert-OH is 8. The van der Waals surface area contributed by atoms with Gasteiger partial charge in [-0.2, -0.15) is 0 Å². The van der Waals surface area contributed by atoms with Gasteiger partial charge in [0.2, 0.25) is 5.91 Å². The van der Waals surface area contributed by atoms with Crippen molar-refractivity contribution in [2.24, 2.45) is 0 Å². The molecule has 0 aromatic heterocycles. The van der Waals surface area contributed by atoms with Crippen LogP contribution in [-0.2, 0) is 23.7 Å². The first kappa shape index (κ1) is 82.0. The highest BCUT2D eigenvalue weighted by atomic mass is 16.7. The summed E-state index contributed by atoms with van der Waals surface area (Å²) < 4.78 is 22.8. The van der Waals surface area contributed by atoms with Gasteiger partial charge in [-0.25, -0.2) is 0 Å². The predicted octanol–water partition coefficient (Wildman–Crippen LogP) is 15.0. The number of ether oxygens (including phenoxy) is 4. The first-order valence-corrected chi connectivity index (χ1v) is 36.0. The quantitative estimate of drug-likeness (QED) is 0.0204. The van der Waals surface area contributed by atoms with Gasteiger partial charge in [-0.05, 0) is 83.5 Å². The summed E-state index contributed by atoms with van der Waals surface area (Å²) in [7, 11) is 0. The molecule has 2 aliphatic heterocycles. The van der Waals surface area contributed by atoms with Crippen LogP contribution in [0.15, 0.2) is 97.2 Å². The van der Waals surface area contributed by atoms with Gasteiger partial charge in [0.05, 0.1) is 32.0 Å². The van der Waals surface area contributed by atoms with Crippen LogP contribution in [-0.4, -0.2) is 140 Å². The molecule has 2 rings (SSSR count). The number of unbranched alkanes of at least 4 members (excludes halogenated alkanes) is 31. The zero-order chi connectivity index (χ0) is 64.5. The van der Waals surface area contributed by atoms with E-state index in [-0.39, 0.29) is 18.9 Å². The van der Waals surface area contributed by atoms with Gasteiger partial charge in [0.1, 0.15) is 48.8 Å². The molecular formula is C75H131NO13. The normalized spacial score (nSPS) is 23.6. The lowest BCUT2D eigenvalue weighted by Crippen LogP contribution is -2.65. The van der Waals surface area contributed by atoms with Crippen LogP contribution in [0.1, 0.15) is 277 Å². The van der Waals surface area contributed by atoms with E-state index in [0.717, 1.165) is 70.6 Å². The number of nitrogens with one attached hydrogen (secondary N) is 1. The van der Waals surface area contributed by atoms with Crippen LogP contribution in [0, 0.1) is 0 Å². The minimum Gasteiger partial charge on any atom is -0.394 e. The Balaban J connectivity index is 1.56. The lowest BCUT2D eigenvalue weighted by atomic mass is 9.97. The molecule has 0 aromatic carbocycles. The topological polar surface area (TPSA) is 228 Å². The van der Waals surface area contributed by atoms with Gasteiger partial charge in [0.15, 0.2) is 12.6 Å². The lowest BCUT2D eigenvalue weighted by Gasteiger charge is -2.46. The van der Waals surface area contributed by atoms with Crippen molar-refractivity contribution in [1.29, 1.82) is 0 Å². The van der Waals surface area contributed by atoms with E-state index < -0.39 is 86.8 Å². The highest BCUT2D eigenvalue weighted by Crippen LogP contribution is 2.30. The number of rotatable bonds is 58. The third-order valence-electron chi connectivity index (χ3n) is 17.0. The van der Waals surface area contributed by atoms with Crippen LogP contribution in [0.25, 0.3) is 0 Å². The van der Waals surface area contributed by atoms with Crippen molar-refractivity contribution >= 4 is 5.91 Å². The average Bonchev–Trinajstić information content (AvgIpc) is 2.74. The summed E-state index contributed by atoms with van der Waals surface area (Å²) in [5.74, 6) is -0.248. The molecule has 0 radical (unpaired) electrons. The second-order valence-corrected chi connectivity index (χ2v) is 25.0. The number of carbonyl (C=O) groups is 1. The third-order valence-corrected chi connectivity index (χ3v) is 17.0. The van der Waals surface area contributed by atoms with Crippen LogP contribution in [0.3, 0.4) is 0 Å². The standard InChI is InChI=1S/C75H131NO13/c1-3-5-7-9-11-13-15-17-19-20-21-22-23-24-25-26-27-28-29-30-31-32-33-34-35-36-37-38-39-40-41-42-43-44-45-47-49-51-53-55-57-59-67(80)76-63(64(79)58-56-54-52-50-48-46-18-16-14-12-10-8-6-4-2)62-86-74-72(85)70(83)73(66(61-78)88-74)89-75-71(84)69(82)68(81)65(60-77)87-75/h5,7,11,13,17,19,21-22,24-25,27-28,48,50,56,58,63-66,68-75,77-79,81-85H,3-4,6,8-10,12,14-16,18,20,23,26,29-47,49,51-55,57,59-62H2,1-2H3,(H,76,80)/b7-5-,13-11-,19-17-,22-21-,25-24-,28-27-,50-48+,58-56+. The zero-order valence-electron chi connectivity index (χ0n) is 55.9. The van der Waals surface area contributed by atoms with Gasteiger partial charge in [-0.3, -0.25) is 4.79 Å². The number of hydrogen-bond acceptors (Lipinski definition) is 13. The van der Waals surface area contributed by atoms with Crippen molar-refractivity contribution in [3.05, 3.63) is 97.2 Å². The lowest BCUT2D eigenvalue weighted by molar-refractivity contribution is -0.359.